The number of benzene rings is 1. The smallest absolute Gasteiger partial charge is 0.233 e. The monoisotopic (exact) mass is 454 g/mol. The van der Waals surface area contributed by atoms with Crippen molar-refractivity contribution in [1.82, 2.24) is 14.8 Å². The molecule has 0 N–H and O–H groups in total. The van der Waals surface area contributed by atoms with Crippen molar-refractivity contribution in [2.75, 3.05) is 11.4 Å². The lowest BCUT2D eigenvalue weighted by Crippen LogP contribution is -2.62. The average molecular weight is 455 g/mol. The number of carbonyl (C=O) groups is 1. The third-order valence-corrected chi connectivity index (χ3v) is 8.40. The van der Waals surface area contributed by atoms with Crippen LogP contribution < -0.4 is 4.90 Å². The lowest BCUT2D eigenvalue weighted by Gasteiger charge is -2.61. The van der Waals surface area contributed by atoms with Gasteiger partial charge in [-0.25, -0.2) is 9.67 Å². The molecule has 7 rings (SSSR count). The molecule has 4 fully saturated rings. The number of halogens is 1. The van der Waals surface area contributed by atoms with Crippen molar-refractivity contribution in [3.05, 3.63) is 40.4 Å². The van der Waals surface area contributed by atoms with Gasteiger partial charge in [0.15, 0.2) is 0 Å². The van der Waals surface area contributed by atoms with E-state index in [0.717, 1.165) is 57.2 Å². The fraction of sp³-hybridized carbons (Fsp3) is 0.609. The van der Waals surface area contributed by atoms with Crippen LogP contribution in [0, 0.1) is 24.2 Å². The van der Waals surface area contributed by atoms with Crippen LogP contribution in [0.3, 0.4) is 0 Å². The largest absolute Gasteiger partial charge is 0.312 e. The molecule has 1 aromatic carbocycles. The number of anilines is 1. The lowest BCUT2D eigenvalue weighted by molar-refractivity contribution is -0.153. The average Bonchev–Trinajstić information content (AvgIpc) is 3.13. The van der Waals surface area contributed by atoms with E-state index >= 15 is 0 Å². The summed E-state index contributed by atoms with van der Waals surface area (Å²) in [4.78, 5) is 20.6. The lowest BCUT2D eigenvalue weighted by atomic mass is 9.46. The van der Waals surface area contributed by atoms with Crippen LogP contribution in [0.1, 0.15) is 56.1 Å². The molecule has 4 aliphatic carbocycles. The molecule has 6 heteroatoms. The molecule has 4 bridgehead atoms. The van der Waals surface area contributed by atoms with Crippen molar-refractivity contribution in [3.63, 3.8) is 0 Å². The first-order chi connectivity index (χ1) is 14.0. The zero-order valence-corrected chi connectivity index (χ0v) is 18.5. The Bertz CT molecular complexity index is 985. The second-order valence-electron chi connectivity index (χ2n) is 10.1. The highest BCUT2D eigenvalue weighted by atomic mass is 79.9. The highest BCUT2D eigenvalue weighted by Gasteiger charge is 2.62. The second-order valence-corrected chi connectivity index (χ2v) is 10.8. The van der Waals surface area contributed by atoms with Gasteiger partial charge < -0.3 is 4.90 Å². The molecule has 4 saturated carbocycles. The van der Waals surface area contributed by atoms with Gasteiger partial charge in [0.25, 0.3) is 0 Å². The van der Waals surface area contributed by atoms with E-state index in [1.807, 2.05) is 6.33 Å². The summed E-state index contributed by atoms with van der Waals surface area (Å²) in [5, 5.41) is 4.65. The first-order valence-corrected chi connectivity index (χ1v) is 11.7. The van der Waals surface area contributed by atoms with E-state index in [0.29, 0.717) is 22.5 Å². The maximum Gasteiger partial charge on any atom is 0.233 e. The van der Waals surface area contributed by atoms with Gasteiger partial charge in [0.2, 0.25) is 10.6 Å². The van der Waals surface area contributed by atoms with Crippen LogP contribution in [-0.4, -0.2) is 27.2 Å². The first-order valence-electron chi connectivity index (χ1n) is 11.0. The molecule has 5 nitrogen and oxygen atoms in total. The number of nitrogens with zero attached hydrogens (tertiary/aromatic N) is 4. The van der Waals surface area contributed by atoms with Crippen molar-refractivity contribution in [2.24, 2.45) is 17.3 Å². The molecular formula is C23H27BrN4O. The van der Waals surface area contributed by atoms with Crippen LogP contribution >= 0.6 is 15.9 Å². The quantitative estimate of drug-likeness (QED) is 0.664. The van der Waals surface area contributed by atoms with Crippen molar-refractivity contribution in [3.8, 4) is 0 Å². The molecule has 29 heavy (non-hydrogen) atoms. The van der Waals surface area contributed by atoms with Gasteiger partial charge in [0, 0.05) is 12.2 Å². The van der Waals surface area contributed by atoms with Gasteiger partial charge in [-0.15, -0.1) is 5.10 Å². The van der Waals surface area contributed by atoms with Crippen molar-refractivity contribution >= 4 is 27.5 Å². The summed E-state index contributed by atoms with van der Waals surface area (Å²) >= 11 is 3.42. The standard InChI is InChI=1S/C23H27BrN4O/c1-15-4-5-19-18(7-15)3-2-6-27(19)20(29)22-9-16-8-17(10-22)12-23(11-16,13-22)28-14-25-21(24)26-28/h4-5,7,14,16-17H,2-3,6,8-13H2,1H3/t16-,17-,22?,23?/m1/s1. The molecule has 1 aliphatic heterocycles. The first kappa shape index (κ1) is 18.1. The summed E-state index contributed by atoms with van der Waals surface area (Å²) in [6, 6.07) is 6.59. The topological polar surface area (TPSA) is 51.0 Å². The van der Waals surface area contributed by atoms with Crippen LogP contribution in [0.15, 0.2) is 29.3 Å². The number of hydrogen-bond acceptors (Lipinski definition) is 3. The van der Waals surface area contributed by atoms with Crippen LogP contribution in [0.4, 0.5) is 5.69 Å². The number of amides is 1. The summed E-state index contributed by atoms with van der Waals surface area (Å²) in [5.41, 5.74) is 3.50. The highest BCUT2D eigenvalue weighted by Crippen LogP contribution is 2.64. The minimum atomic E-state index is -0.234. The number of aromatic nitrogens is 3. The maximum atomic E-state index is 14.1. The second kappa shape index (κ2) is 6.16. The van der Waals surface area contributed by atoms with Gasteiger partial charge in [0.05, 0.1) is 11.0 Å². The van der Waals surface area contributed by atoms with Gasteiger partial charge in [-0.1, -0.05) is 17.7 Å². The molecule has 1 amide bonds. The molecular weight excluding hydrogens is 428 g/mol. The number of rotatable bonds is 2. The van der Waals surface area contributed by atoms with Gasteiger partial charge >= 0.3 is 0 Å². The molecule has 1 aromatic heterocycles. The third kappa shape index (κ3) is 2.67. The Balaban J connectivity index is 1.39. The van der Waals surface area contributed by atoms with Crippen LogP contribution in [0.25, 0.3) is 0 Å². The Labute approximate surface area is 180 Å². The van der Waals surface area contributed by atoms with E-state index in [9.17, 15) is 4.79 Å². The van der Waals surface area contributed by atoms with Gasteiger partial charge in [-0.05, 0) is 97.7 Å². The minimum absolute atomic E-state index is 0.0370. The van der Waals surface area contributed by atoms with E-state index in [1.54, 1.807) is 0 Å². The van der Waals surface area contributed by atoms with E-state index < -0.39 is 0 Å². The molecule has 0 saturated heterocycles. The van der Waals surface area contributed by atoms with E-state index in [2.05, 4.69) is 60.7 Å². The predicted octanol–water partition coefficient (Wildman–Crippen LogP) is 4.62. The summed E-state index contributed by atoms with van der Waals surface area (Å²) in [6.07, 6.45) is 10.6. The van der Waals surface area contributed by atoms with Crippen molar-refractivity contribution in [2.45, 2.75) is 63.8 Å². The fourth-order valence-electron chi connectivity index (χ4n) is 7.43. The zero-order valence-electron chi connectivity index (χ0n) is 16.9. The maximum absolute atomic E-state index is 14.1. The van der Waals surface area contributed by atoms with Crippen LogP contribution in [0.5, 0.6) is 0 Å². The SMILES string of the molecule is Cc1ccc2c(c1)CCCN2C(=O)C12C[C@H]3C[C@H](C1)CC(n1cnc(Br)n1)(C3)C2. The molecule has 0 spiro atoms. The molecule has 152 valence electrons. The summed E-state index contributed by atoms with van der Waals surface area (Å²) in [7, 11) is 0. The van der Waals surface area contributed by atoms with E-state index in [1.165, 1.54) is 17.5 Å². The molecule has 5 aliphatic rings. The fourth-order valence-corrected chi connectivity index (χ4v) is 7.69. The third-order valence-electron chi connectivity index (χ3n) is 8.03. The Kier molecular flexibility index (Phi) is 3.85. The van der Waals surface area contributed by atoms with Gasteiger partial charge in [-0.3, -0.25) is 4.79 Å². The molecule has 2 atom stereocenters. The molecule has 0 unspecified atom stereocenters. The molecule has 0 radical (unpaired) electrons. The summed E-state index contributed by atoms with van der Waals surface area (Å²) < 4.78 is 2.73. The van der Waals surface area contributed by atoms with E-state index in [-0.39, 0.29) is 11.0 Å². The van der Waals surface area contributed by atoms with Gasteiger partial charge in [-0.2, -0.15) is 0 Å². The molecule has 2 aromatic rings. The highest BCUT2D eigenvalue weighted by molar-refractivity contribution is 9.10. The summed E-state index contributed by atoms with van der Waals surface area (Å²) in [6.45, 7) is 2.99. The normalized spacial score (nSPS) is 35.0. The zero-order chi connectivity index (χ0) is 19.8. The Morgan fingerprint density at radius 1 is 1.21 bits per heavy atom. The number of aryl methyl sites for hydroxylation is 2. The van der Waals surface area contributed by atoms with E-state index in [4.69, 9.17) is 0 Å². The summed E-state index contributed by atoms with van der Waals surface area (Å²) in [5.74, 6) is 1.64. The van der Waals surface area contributed by atoms with Crippen molar-refractivity contribution in [1.29, 1.82) is 0 Å². The number of carbonyl (C=O) groups excluding carboxylic acids is 1. The number of fused-ring (bicyclic) bond motifs is 1. The Morgan fingerprint density at radius 2 is 2.00 bits per heavy atom. The van der Waals surface area contributed by atoms with Gasteiger partial charge in [0.1, 0.15) is 6.33 Å². The molecule has 2 heterocycles. The number of hydrogen-bond donors (Lipinski definition) is 0. The van der Waals surface area contributed by atoms with Crippen molar-refractivity contribution < 1.29 is 4.79 Å². The van der Waals surface area contributed by atoms with Crippen LogP contribution in [0.2, 0.25) is 0 Å². The minimum Gasteiger partial charge on any atom is -0.312 e. The predicted molar refractivity (Wildman–Crippen MR) is 115 cm³/mol. The Hall–Kier alpha value is -1.69. The van der Waals surface area contributed by atoms with Crippen LogP contribution in [-0.2, 0) is 16.8 Å². The Morgan fingerprint density at radius 3 is 2.72 bits per heavy atom.